The number of anilines is 1. The van der Waals surface area contributed by atoms with Gasteiger partial charge in [0.05, 0.1) is 10.6 Å². The normalized spacial score (nSPS) is 12.2. The molecule has 0 fully saturated rings. The first kappa shape index (κ1) is 22.0. The Kier molecular flexibility index (Phi) is 5.56. The molecule has 2 heterocycles. The van der Waals surface area contributed by atoms with Gasteiger partial charge in [0.15, 0.2) is 18.0 Å². The summed E-state index contributed by atoms with van der Waals surface area (Å²) in [7, 11) is -2.09. The summed E-state index contributed by atoms with van der Waals surface area (Å²) in [6.45, 7) is 6.22. The number of oxazole rings is 1. The van der Waals surface area contributed by atoms with Crippen LogP contribution in [0.5, 0.6) is 0 Å². The van der Waals surface area contributed by atoms with Gasteiger partial charge < -0.3 is 8.98 Å². The maximum atomic E-state index is 13.1. The fourth-order valence-corrected chi connectivity index (χ4v) is 4.49. The Morgan fingerprint density at radius 3 is 2.34 bits per heavy atom. The topological polar surface area (TPSA) is 103 Å². The highest BCUT2D eigenvalue weighted by Crippen LogP contribution is 2.33. The van der Waals surface area contributed by atoms with Crippen molar-refractivity contribution in [2.75, 3.05) is 4.72 Å². The summed E-state index contributed by atoms with van der Waals surface area (Å²) in [5.74, 6) is 0.895. The largest absolute Gasteiger partial charge is 0.451 e. The molecular formula is C22H22ClN5O3S. The van der Waals surface area contributed by atoms with Crippen LogP contribution in [0, 0.1) is 0 Å². The van der Waals surface area contributed by atoms with E-state index in [4.69, 9.17) is 16.0 Å². The molecule has 166 valence electrons. The highest BCUT2D eigenvalue weighted by molar-refractivity contribution is 7.92. The Hall–Kier alpha value is -3.17. The molecule has 0 saturated heterocycles. The van der Waals surface area contributed by atoms with Crippen molar-refractivity contribution < 1.29 is 12.8 Å². The van der Waals surface area contributed by atoms with Gasteiger partial charge in [0, 0.05) is 17.6 Å². The zero-order valence-electron chi connectivity index (χ0n) is 18.0. The van der Waals surface area contributed by atoms with Crippen molar-refractivity contribution in [1.29, 1.82) is 0 Å². The molecule has 0 radical (unpaired) electrons. The lowest BCUT2D eigenvalue weighted by Gasteiger charge is -2.19. The van der Waals surface area contributed by atoms with Crippen LogP contribution in [0.2, 0.25) is 5.02 Å². The maximum Gasteiger partial charge on any atom is 0.261 e. The number of halogens is 1. The maximum absolute atomic E-state index is 13.1. The van der Waals surface area contributed by atoms with Crippen LogP contribution in [0.3, 0.4) is 0 Å². The van der Waals surface area contributed by atoms with Crippen molar-refractivity contribution in [1.82, 2.24) is 19.7 Å². The second-order valence-electron chi connectivity index (χ2n) is 8.35. The molecule has 0 atom stereocenters. The number of sulfonamides is 1. The van der Waals surface area contributed by atoms with Gasteiger partial charge in [-0.15, -0.1) is 10.2 Å². The third-order valence-electron chi connectivity index (χ3n) is 5.03. The van der Waals surface area contributed by atoms with E-state index in [9.17, 15) is 8.42 Å². The number of hydrogen-bond donors (Lipinski definition) is 1. The van der Waals surface area contributed by atoms with E-state index < -0.39 is 10.0 Å². The molecule has 0 aliphatic rings. The number of hydrogen-bond acceptors (Lipinski definition) is 6. The molecule has 0 bridgehead atoms. The van der Waals surface area contributed by atoms with Gasteiger partial charge in [-0.1, -0.05) is 44.5 Å². The number of nitrogens with one attached hydrogen (secondary N) is 1. The van der Waals surface area contributed by atoms with E-state index >= 15 is 0 Å². The van der Waals surface area contributed by atoms with Crippen LogP contribution in [-0.4, -0.2) is 28.2 Å². The highest BCUT2D eigenvalue weighted by Gasteiger charge is 2.22. The summed E-state index contributed by atoms with van der Waals surface area (Å²) in [6.07, 6.45) is 2.75. The molecule has 4 aromatic rings. The van der Waals surface area contributed by atoms with E-state index in [2.05, 4.69) is 40.7 Å². The van der Waals surface area contributed by atoms with Gasteiger partial charge in [-0.05, 0) is 41.3 Å². The minimum absolute atomic E-state index is 0.0776. The van der Waals surface area contributed by atoms with Crippen molar-refractivity contribution >= 4 is 27.3 Å². The summed E-state index contributed by atoms with van der Waals surface area (Å²) in [5, 5.41) is 8.82. The molecule has 0 spiro atoms. The van der Waals surface area contributed by atoms with Gasteiger partial charge in [-0.2, -0.15) is 0 Å². The minimum atomic E-state index is -3.85. The van der Waals surface area contributed by atoms with Gasteiger partial charge in [0.25, 0.3) is 10.0 Å². The molecule has 8 nitrogen and oxygen atoms in total. The van der Waals surface area contributed by atoms with Gasteiger partial charge in [-0.3, -0.25) is 4.72 Å². The van der Waals surface area contributed by atoms with Crippen molar-refractivity contribution in [2.45, 2.75) is 31.1 Å². The van der Waals surface area contributed by atoms with E-state index in [1.54, 1.807) is 41.9 Å². The average Bonchev–Trinajstić information content (AvgIpc) is 3.38. The molecule has 4 rings (SSSR count). The van der Waals surface area contributed by atoms with E-state index in [0.29, 0.717) is 33.6 Å². The van der Waals surface area contributed by atoms with Crippen LogP contribution in [-0.2, 0) is 22.5 Å². The second kappa shape index (κ2) is 8.07. The fraction of sp³-hybridized carbons (Fsp3) is 0.227. The van der Waals surface area contributed by atoms with E-state index in [1.807, 2.05) is 12.1 Å². The van der Waals surface area contributed by atoms with E-state index in [0.717, 1.165) is 5.56 Å². The number of aromatic nitrogens is 4. The van der Waals surface area contributed by atoms with Crippen molar-refractivity contribution in [3.8, 4) is 22.9 Å². The Balaban J connectivity index is 1.72. The van der Waals surface area contributed by atoms with Gasteiger partial charge in [0.1, 0.15) is 12.0 Å². The lowest BCUT2D eigenvalue weighted by Crippen LogP contribution is -2.15. The molecule has 0 aliphatic carbocycles. The predicted molar refractivity (Wildman–Crippen MR) is 123 cm³/mol. The summed E-state index contributed by atoms with van der Waals surface area (Å²) >= 11 is 6.21. The van der Waals surface area contributed by atoms with Crippen LogP contribution in [0.4, 0.5) is 5.69 Å². The first-order valence-corrected chi connectivity index (χ1v) is 11.6. The Morgan fingerprint density at radius 2 is 1.72 bits per heavy atom. The Labute approximate surface area is 191 Å². The Morgan fingerprint density at radius 1 is 1.03 bits per heavy atom. The highest BCUT2D eigenvalue weighted by atomic mass is 35.5. The zero-order valence-corrected chi connectivity index (χ0v) is 19.6. The molecule has 0 unspecified atom stereocenters. The quantitative estimate of drug-likeness (QED) is 0.444. The fourth-order valence-electron chi connectivity index (χ4n) is 3.24. The molecule has 0 saturated carbocycles. The van der Waals surface area contributed by atoms with Crippen LogP contribution in [0.1, 0.15) is 26.3 Å². The van der Waals surface area contributed by atoms with E-state index in [-0.39, 0.29) is 10.3 Å². The van der Waals surface area contributed by atoms with Crippen molar-refractivity contribution in [2.24, 2.45) is 7.05 Å². The Bertz CT molecular complexity index is 1360. The summed E-state index contributed by atoms with van der Waals surface area (Å²) in [5.41, 5.74) is 2.29. The summed E-state index contributed by atoms with van der Waals surface area (Å²) < 4.78 is 35.6. The molecular weight excluding hydrogens is 450 g/mol. The molecule has 2 aromatic heterocycles. The smallest absolute Gasteiger partial charge is 0.261 e. The first-order chi connectivity index (χ1) is 15.1. The first-order valence-electron chi connectivity index (χ1n) is 9.77. The van der Waals surface area contributed by atoms with E-state index in [1.165, 1.54) is 12.7 Å². The molecule has 2 aromatic carbocycles. The monoisotopic (exact) mass is 471 g/mol. The molecule has 10 heteroatoms. The lowest BCUT2D eigenvalue weighted by molar-refractivity contribution is 0.558. The molecule has 1 N–H and O–H groups in total. The number of rotatable bonds is 5. The molecule has 0 aliphatic heterocycles. The molecule has 32 heavy (non-hydrogen) atoms. The third kappa shape index (κ3) is 4.26. The van der Waals surface area contributed by atoms with Crippen LogP contribution in [0.15, 0.2) is 64.4 Å². The molecule has 0 amide bonds. The predicted octanol–water partition coefficient (Wildman–Crippen LogP) is 4.89. The van der Waals surface area contributed by atoms with Crippen LogP contribution in [0.25, 0.3) is 22.9 Å². The summed E-state index contributed by atoms with van der Waals surface area (Å²) in [6, 6.07) is 11.7. The number of nitrogens with zero attached hydrogens (tertiary/aromatic N) is 4. The zero-order chi connectivity index (χ0) is 23.1. The van der Waals surface area contributed by atoms with Crippen molar-refractivity contribution in [3.63, 3.8) is 0 Å². The second-order valence-corrected chi connectivity index (χ2v) is 10.5. The minimum Gasteiger partial charge on any atom is -0.451 e. The van der Waals surface area contributed by atoms with Gasteiger partial charge >= 0.3 is 0 Å². The van der Waals surface area contributed by atoms with Gasteiger partial charge in [-0.25, -0.2) is 13.4 Å². The van der Waals surface area contributed by atoms with Crippen LogP contribution >= 0.6 is 11.6 Å². The van der Waals surface area contributed by atoms with Crippen molar-refractivity contribution in [3.05, 3.63) is 65.7 Å². The van der Waals surface area contributed by atoms with Gasteiger partial charge in [0.2, 0.25) is 0 Å². The standard InChI is InChI=1S/C22H22ClN5O3S/c1-22(2,3)14-5-8-16(9-6-14)32(29,30)27-18-10-7-15(23)11-17(18)20-25-26-21(28(20)4)19-12-31-13-24-19/h5-13,27H,1-4H3. The summed E-state index contributed by atoms with van der Waals surface area (Å²) in [4.78, 5) is 4.25. The lowest BCUT2D eigenvalue weighted by atomic mass is 9.87. The number of benzene rings is 2. The van der Waals surface area contributed by atoms with Crippen LogP contribution < -0.4 is 4.72 Å². The SMILES string of the molecule is Cn1c(-c2cocn2)nnc1-c1cc(Cl)ccc1NS(=O)(=O)c1ccc(C(C)(C)C)cc1. The third-order valence-corrected chi connectivity index (χ3v) is 6.65. The average molecular weight is 472 g/mol.